The molecule has 0 aliphatic carbocycles. The molecule has 0 atom stereocenters. The van der Waals surface area contributed by atoms with Crippen molar-refractivity contribution in [3.05, 3.63) is 22.9 Å². The fraction of sp³-hybridized carbons (Fsp3) is 0.200. The van der Waals surface area contributed by atoms with Crippen molar-refractivity contribution < 1.29 is 9.59 Å². The number of pyridine rings is 1. The van der Waals surface area contributed by atoms with Gasteiger partial charge in [-0.1, -0.05) is 0 Å². The van der Waals surface area contributed by atoms with Crippen molar-refractivity contribution in [2.45, 2.75) is 6.42 Å². The summed E-state index contributed by atoms with van der Waals surface area (Å²) in [6.45, 7) is 0.335. The van der Waals surface area contributed by atoms with Crippen LogP contribution in [0.2, 0.25) is 0 Å². The molecule has 0 saturated carbocycles. The Morgan fingerprint density at radius 3 is 2.94 bits per heavy atom. The predicted octanol–water partition coefficient (Wildman–Crippen LogP) is 0.938. The third-order valence-electron chi connectivity index (χ3n) is 2.69. The van der Waals surface area contributed by atoms with Crippen LogP contribution in [0.25, 0.3) is 5.65 Å². The molecule has 1 N–H and O–H groups in total. The molecule has 1 saturated heterocycles. The number of fused-ring (bicyclic) bond motifs is 1. The minimum atomic E-state index is -0.439. The molecule has 0 bridgehead atoms. The minimum Gasteiger partial charge on any atom is -0.278 e. The van der Waals surface area contributed by atoms with Gasteiger partial charge in [-0.2, -0.15) is 9.61 Å². The molecular weight excluding hydrogens is 302 g/mol. The molecule has 0 spiro atoms. The number of rotatable bonds is 1. The van der Waals surface area contributed by atoms with Crippen LogP contribution in [0.3, 0.4) is 0 Å². The van der Waals surface area contributed by atoms with Gasteiger partial charge >= 0.3 is 6.03 Å². The molecule has 0 radical (unpaired) electrons. The zero-order chi connectivity index (χ0) is 12.7. The first-order chi connectivity index (χ1) is 8.66. The molecule has 92 valence electrons. The zero-order valence-electron chi connectivity index (χ0n) is 9.13. The number of urea groups is 1. The number of nitrogens with zero attached hydrogens (tertiary/aromatic N) is 4. The third-order valence-corrected chi connectivity index (χ3v) is 3.31. The molecule has 0 aromatic carbocycles. The molecular formula is C10H8BrN5O2. The molecule has 2 aromatic rings. The molecule has 1 aliphatic rings. The molecule has 0 unspecified atom stereocenters. The van der Waals surface area contributed by atoms with Crippen molar-refractivity contribution >= 4 is 39.3 Å². The van der Waals surface area contributed by atoms with Gasteiger partial charge in [-0.15, -0.1) is 0 Å². The topological polar surface area (TPSA) is 79.6 Å². The van der Waals surface area contributed by atoms with Crippen molar-refractivity contribution in [3.63, 3.8) is 0 Å². The molecule has 3 rings (SSSR count). The second-order valence-electron chi connectivity index (χ2n) is 3.79. The monoisotopic (exact) mass is 309 g/mol. The normalized spacial score (nSPS) is 16.2. The number of hydrogen-bond donors (Lipinski definition) is 1. The quantitative estimate of drug-likeness (QED) is 0.850. The molecule has 3 amide bonds. The number of hydrogen-bond acceptors (Lipinski definition) is 4. The van der Waals surface area contributed by atoms with Gasteiger partial charge in [-0.05, 0) is 28.1 Å². The van der Waals surface area contributed by atoms with E-state index in [4.69, 9.17) is 0 Å². The van der Waals surface area contributed by atoms with E-state index in [1.165, 1.54) is 11.2 Å². The summed E-state index contributed by atoms with van der Waals surface area (Å²) in [5.74, 6) is 0.318. The van der Waals surface area contributed by atoms with Crippen molar-refractivity contribution in [1.82, 2.24) is 19.9 Å². The Kier molecular flexibility index (Phi) is 2.51. The maximum absolute atomic E-state index is 11.8. The van der Waals surface area contributed by atoms with E-state index in [1.807, 2.05) is 0 Å². The Bertz CT molecular complexity index is 653. The summed E-state index contributed by atoms with van der Waals surface area (Å²) in [5.41, 5.74) is 0.622. The van der Waals surface area contributed by atoms with Crippen molar-refractivity contribution in [3.8, 4) is 0 Å². The van der Waals surface area contributed by atoms with Gasteiger partial charge in [0.15, 0.2) is 5.65 Å². The molecule has 8 heteroatoms. The van der Waals surface area contributed by atoms with Crippen LogP contribution in [-0.2, 0) is 4.79 Å². The molecule has 2 aromatic heterocycles. The van der Waals surface area contributed by atoms with Gasteiger partial charge in [0.05, 0.1) is 4.47 Å². The summed E-state index contributed by atoms with van der Waals surface area (Å²) in [7, 11) is 0. The van der Waals surface area contributed by atoms with Crippen LogP contribution in [0.5, 0.6) is 0 Å². The molecule has 1 fully saturated rings. The second-order valence-corrected chi connectivity index (χ2v) is 4.64. The first kappa shape index (κ1) is 11.1. The number of aromatic nitrogens is 3. The highest BCUT2D eigenvalue weighted by atomic mass is 79.9. The Balaban J connectivity index is 2.09. The van der Waals surface area contributed by atoms with Gasteiger partial charge in [0.25, 0.3) is 0 Å². The van der Waals surface area contributed by atoms with Crippen LogP contribution < -0.4 is 10.2 Å². The summed E-state index contributed by atoms with van der Waals surface area (Å²) in [5, 5.41) is 6.35. The summed E-state index contributed by atoms with van der Waals surface area (Å²) >= 11 is 3.36. The summed E-state index contributed by atoms with van der Waals surface area (Å²) < 4.78 is 2.34. The second kappa shape index (κ2) is 4.05. The number of halogens is 1. The zero-order valence-corrected chi connectivity index (χ0v) is 10.7. The molecule has 3 heterocycles. The number of imide groups is 1. The predicted molar refractivity (Wildman–Crippen MR) is 66.2 cm³/mol. The highest BCUT2D eigenvalue weighted by Gasteiger charge is 2.26. The van der Waals surface area contributed by atoms with Crippen LogP contribution >= 0.6 is 15.9 Å². The number of amides is 3. The SMILES string of the molecule is O=C1CCN(c2ccc(Br)c3ncnn23)C(=O)N1. The Morgan fingerprint density at radius 2 is 2.17 bits per heavy atom. The van der Waals surface area contributed by atoms with Crippen molar-refractivity contribution in [2.24, 2.45) is 0 Å². The average Bonchev–Trinajstić information content (AvgIpc) is 2.81. The lowest BCUT2D eigenvalue weighted by Crippen LogP contribution is -2.50. The summed E-state index contributed by atoms with van der Waals surface area (Å²) in [6.07, 6.45) is 1.69. The number of carbonyl (C=O) groups is 2. The first-order valence-corrected chi connectivity index (χ1v) is 6.06. The van der Waals surface area contributed by atoms with Gasteiger partial charge in [0.2, 0.25) is 5.91 Å². The number of anilines is 1. The smallest absolute Gasteiger partial charge is 0.278 e. The Labute approximate surface area is 110 Å². The Hall–Kier alpha value is -1.96. The molecule has 18 heavy (non-hydrogen) atoms. The Morgan fingerprint density at radius 1 is 1.33 bits per heavy atom. The van der Waals surface area contributed by atoms with E-state index in [9.17, 15) is 9.59 Å². The van der Waals surface area contributed by atoms with E-state index >= 15 is 0 Å². The van der Waals surface area contributed by atoms with Gasteiger partial charge in [0.1, 0.15) is 12.1 Å². The minimum absolute atomic E-state index is 0.261. The van der Waals surface area contributed by atoms with E-state index in [0.717, 1.165) is 4.47 Å². The first-order valence-electron chi connectivity index (χ1n) is 5.26. The lowest BCUT2D eigenvalue weighted by atomic mass is 10.3. The van der Waals surface area contributed by atoms with Crippen LogP contribution in [-0.4, -0.2) is 33.1 Å². The lowest BCUT2D eigenvalue weighted by molar-refractivity contribution is -0.120. The fourth-order valence-corrected chi connectivity index (χ4v) is 2.25. The van der Waals surface area contributed by atoms with Gasteiger partial charge in [0, 0.05) is 13.0 Å². The molecule has 7 nitrogen and oxygen atoms in total. The van der Waals surface area contributed by atoms with E-state index in [2.05, 4.69) is 31.3 Å². The van der Waals surface area contributed by atoms with Crippen molar-refractivity contribution in [2.75, 3.05) is 11.4 Å². The van der Waals surface area contributed by atoms with Crippen LogP contribution in [0.4, 0.5) is 10.6 Å². The van der Waals surface area contributed by atoms with E-state index < -0.39 is 6.03 Å². The number of nitrogens with one attached hydrogen (secondary N) is 1. The van der Waals surface area contributed by atoms with Crippen LogP contribution in [0.15, 0.2) is 22.9 Å². The van der Waals surface area contributed by atoms with Gasteiger partial charge in [-0.3, -0.25) is 15.0 Å². The summed E-state index contributed by atoms with van der Waals surface area (Å²) in [6, 6.07) is 3.11. The molecule has 1 aliphatic heterocycles. The fourth-order valence-electron chi connectivity index (χ4n) is 1.85. The highest BCUT2D eigenvalue weighted by molar-refractivity contribution is 9.10. The van der Waals surface area contributed by atoms with E-state index in [-0.39, 0.29) is 12.3 Å². The van der Waals surface area contributed by atoms with Crippen LogP contribution in [0, 0.1) is 0 Å². The van der Waals surface area contributed by atoms with Gasteiger partial charge < -0.3 is 0 Å². The van der Waals surface area contributed by atoms with Gasteiger partial charge in [-0.25, -0.2) is 9.78 Å². The summed E-state index contributed by atoms with van der Waals surface area (Å²) in [4.78, 5) is 28.5. The number of carbonyl (C=O) groups excluding carboxylic acids is 2. The van der Waals surface area contributed by atoms with E-state index in [0.29, 0.717) is 18.0 Å². The maximum Gasteiger partial charge on any atom is 0.329 e. The standard InChI is InChI=1S/C10H8BrN5O2/c11-6-1-2-8(16-9(6)12-5-13-16)15-4-3-7(17)14-10(15)18/h1-2,5H,3-4H2,(H,14,17,18). The largest absolute Gasteiger partial charge is 0.329 e. The average molecular weight is 310 g/mol. The third kappa shape index (κ3) is 1.65. The van der Waals surface area contributed by atoms with Crippen molar-refractivity contribution in [1.29, 1.82) is 0 Å². The van der Waals surface area contributed by atoms with Crippen LogP contribution in [0.1, 0.15) is 6.42 Å². The highest BCUT2D eigenvalue weighted by Crippen LogP contribution is 2.23. The van der Waals surface area contributed by atoms with E-state index in [1.54, 1.807) is 16.6 Å². The maximum atomic E-state index is 11.8. The lowest BCUT2D eigenvalue weighted by Gasteiger charge is -2.26.